The Hall–Kier alpha value is -1.88. The Morgan fingerprint density at radius 2 is 2.32 bits per heavy atom. The van der Waals surface area contributed by atoms with Gasteiger partial charge in [0, 0.05) is 18.7 Å². The molecule has 1 N–H and O–H groups in total. The van der Waals surface area contributed by atoms with Crippen molar-refractivity contribution in [2.45, 2.75) is 18.9 Å². The van der Waals surface area contributed by atoms with Crippen molar-refractivity contribution in [1.29, 1.82) is 0 Å². The predicted octanol–water partition coefficient (Wildman–Crippen LogP) is 1.17. The van der Waals surface area contributed by atoms with Crippen molar-refractivity contribution in [2.24, 2.45) is 0 Å². The summed E-state index contributed by atoms with van der Waals surface area (Å²) in [5.74, 6) is -0.613. The summed E-state index contributed by atoms with van der Waals surface area (Å²) in [5.41, 5.74) is 0.323. The third kappa shape index (κ3) is 3.54. The van der Waals surface area contributed by atoms with Gasteiger partial charge in [0.05, 0.1) is 13.2 Å². The molecule has 1 heterocycles. The highest BCUT2D eigenvalue weighted by Crippen LogP contribution is 2.13. The molecule has 1 unspecified atom stereocenters. The van der Waals surface area contributed by atoms with Crippen molar-refractivity contribution in [1.82, 2.24) is 5.32 Å². The predicted molar refractivity (Wildman–Crippen MR) is 69.3 cm³/mol. The average molecular weight is 263 g/mol. The largest absolute Gasteiger partial charge is 0.497 e. The first-order valence-electron chi connectivity index (χ1n) is 6.29. The van der Waals surface area contributed by atoms with Crippen LogP contribution in [0.4, 0.5) is 0 Å². The summed E-state index contributed by atoms with van der Waals surface area (Å²) in [6.45, 7) is 1.11. The van der Waals surface area contributed by atoms with E-state index in [2.05, 4.69) is 5.32 Å². The molecule has 0 spiro atoms. The third-order valence-electron chi connectivity index (χ3n) is 3.05. The van der Waals surface area contributed by atoms with Crippen molar-refractivity contribution in [3.8, 4) is 5.75 Å². The van der Waals surface area contributed by atoms with E-state index in [1.807, 2.05) is 0 Å². The van der Waals surface area contributed by atoms with E-state index in [0.29, 0.717) is 17.9 Å². The lowest BCUT2D eigenvalue weighted by Crippen LogP contribution is -2.36. The van der Waals surface area contributed by atoms with Gasteiger partial charge in [0.1, 0.15) is 5.75 Å². The minimum absolute atomic E-state index is 0.0297. The molecule has 0 aromatic heterocycles. The maximum absolute atomic E-state index is 11.9. The Kier molecular flexibility index (Phi) is 4.52. The molecule has 1 aliphatic heterocycles. The second kappa shape index (κ2) is 6.33. The van der Waals surface area contributed by atoms with Gasteiger partial charge < -0.3 is 14.8 Å². The standard InChI is InChI=1S/C14H17NO4/c1-18-11-5-2-4-10(8-11)13(16)14(17)15-9-12-6-3-7-19-12/h2,4-5,8,12H,3,6-7,9H2,1H3,(H,15,17). The quantitative estimate of drug-likeness (QED) is 0.640. The first kappa shape index (κ1) is 13.5. The minimum atomic E-state index is -0.608. The van der Waals surface area contributed by atoms with Crippen LogP contribution in [0.3, 0.4) is 0 Å². The summed E-state index contributed by atoms with van der Waals surface area (Å²) in [6, 6.07) is 6.55. The number of carbonyl (C=O) groups is 2. The van der Waals surface area contributed by atoms with Crippen LogP contribution in [0, 0.1) is 0 Å². The van der Waals surface area contributed by atoms with Crippen LogP contribution in [0.25, 0.3) is 0 Å². The van der Waals surface area contributed by atoms with Gasteiger partial charge in [-0.2, -0.15) is 0 Å². The zero-order chi connectivity index (χ0) is 13.7. The molecule has 1 fully saturated rings. The average Bonchev–Trinajstić information content (AvgIpc) is 2.97. The number of carbonyl (C=O) groups excluding carboxylic acids is 2. The van der Waals surface area contributed by atoms with Crippen LogP contribution in [-0.4, -0.2) is 38.1 Å². The molecule has 2 rings (SSSR count). The van der Waals surface area contributed by atoms with E-state index in [9.17, 15) is 9.59 Å². The van der Waals surface area contributed by atoms with Crippen LogP contribution in [0.5, 0.6) is 5.75 Å². The maximum Gasteiger partial charge on any atom is 0.292 e. The van der Waals surface area contributed by atoms with Crippen LogP contribution in [-0.2, 0) is 9.53 Å². The van der Waals surface area contributed by atoms with E-state index < -0.39 is 11.7 Å². The summed E-state index contributed by atoms with van der Waals surface area (Å²) in [4.78, 5) is 23.7. The fraction of sp³-hybridized carbons (Fsp3) is 0.429. The molecule has 1 amide bonds. The maximum atomic E-state index is 11.9. The highest BCUT2D eigenvalue weighted by molar-refractivity contribution is 6.42. The molecule has 1 aromatic carbocycles. The molecule has 0 bridgehead atoms. The Morgan fingerprint density at radius 3 is 3.00 bits per heavy atom. The first-order valence-corrected chi connectivity index (χ1v) is 6.29. The van der Waals surface area contributed by atoms with Crippen molar-refractivity contribution in [3.05, 3.63) is 29.8 Å². The van der Waals surface area contributed by atoms with Crippen molar-refractivity contribution < 1.29 is 19.1 Å². The number of amides is 1. The number of ketones is 1. The summed E-state index contributed by atoms with van der Waals surface area (Å²) >= 11 is 0. The van der Waals surface area contributed by atoms with Crippen molar-refractivity contribution in [3.63, 3.8) is 0 Å². The number of hydrogen-bond acceptors (Lipinski definition) is 4. The highest BCUT2D eigenvalue weighted by atomic mass is 16.5. The van der Waals surface area contributed by atoms with E-state index >= 15 is 0 Å². The van der Waals surface area contributed by atoms with Gasteiger partial charge in [0.15, 0.2) is 0 Å². The SMILES string of the molecule is COc1cccc(C(=O)C(=O)NCC2CCCO2)c1. The molecular formula is C14H17NO4. The Bertz CT molecular complexity index is 466. The van der Waals surface area contributed by atoms with E-state index in [1.165, 1.54) is 7.11 Å². The van der Waals surface area contributed by atoms with Gasteiger partial charge in [-0.3, -0.25) is 9.59 Å². The van der Waals surface area contributed by atoms with Gasteiger partial charge in [0.2, 0.25) is 5.78 Å². The van der Waals surface area contributed by atoms with Crippen LogP contribution in [0.1, 0.15) is 23.2 Å². The smallest absolute Gasteiger partial charge is 0.292 e. The van der Waals surface area contributed by atoms with Crippen LogP contribution < -0.4 is 10.1 Å². The van der Waals surface area contributed by atoms with Crippen LogP contribution >= 0.6 is 0 Å². The summed E-state index contributed by atoms with van der Waals surface area (Å²) in [7, 11) is 1.51. The fourth-order valence-electron chi connectivity index (χ4n) is 1.99. The number of nitrogens with one attached hydrogen (secondary N) is 1. The molecular weight excluding hydrogens is 246 g/mol. The Balaban J connectivity index is 1.92. The van der Waals surface area contributed by atoms with Gasteiger partial charge in [-0.05, 0) is 25.0 Å². The molecule has 102 valence electrons. The Morgan fingerprint density at radius 1 is 1.47 bits per heavy atom. The molecule has 0 radical (unpaired) electrons. The van der Waals surface area contributed by atoms with Gasteiger partial charge in [-0.15, -0.1) is 0 Å². The normalized spacial score (nSPS) is 18.1. The number of ether oxygens (including phenoxy) is 2. The van der Waals surface area contributed by atoms with E-state index in [1.54, 1.807) is 24.3 Å². The lowest BCUT2D eigenvalue weighted by molar-refractivity contribution is -0.117. The topological polar surface area (TPSA) is 64.6 Å². The number of benzene rings is 1. The molecule has 5 heteroatoms. The minimum Gasteiger partial charge on any atom is -0.497 e. The summed E-state index contributed by atoms with van der Waals surface area (Å²) in [5, 5.41) is 2.61. The fourth-order valence-corrected chi connectivity index (χ4v) is 1.99. The number of Topliss-reactive ketones (excluding diaryl/α,β-unsaturated/α-hetero) is 1. The lowest BCUT2D eigenvalue weighted by Gasteiger charge is -2.10. The number of rotatable bonds is 5. The molecule has 0 saturated carbocycles. The van der Waals surface area contributed by atoms with Gasteiger partial charge in [-0.1, -0.05) is 12.1 Å². The molecule has 1 atom stereocenters. The highest BCUT2D eigenvalue weighted by Gasteiger charge is 2.20. The number of hydrogen-bond donors (Lipinski definition) is 1. The van der Waals surface area contributed by atoms with Gasteiger partial charge >= 0.3 is 0 Å². The molecule has 5 nitrogen and oxygen atoms in total. The summed E-state index contributed by atoms with van der Waals surface area (Å²) < 4.78 is 10.4. The van der Waals surface area contributed by atoms with Crippen LogP contribution in [0.15, 0.2) is 24.3 Å². The second-order valence-electron chi connectivity index (χ2n) is 4.41. The Labute approximate surface area is 111 Å². The zero-order valence-corrected chi connectivity index (χ0v) is 10.8. The molecule has 1 aliphatic rings. The second-order valence-corrected chi connectivity index (χ2v) is 4.41. The third-order valence-corrected chi connectivity index (χ3v) is 3.05. The first-order chi connectivity index (χ1) is 9.20. The lowest BCUT2D eigenvalue weighted by atomic mass is 10.1. The molecule has 1 aromatic rings. The monoisotopic (exact) mass is 263 g/mol. The van der Waals surface area contributed by atoms with Gasteiger partial charge in [0.25, 0.3) is 5.91 Å². The van der Waals surface area contributed by atoms with Crippen LogP contribution in [0.2, 0.25) is 0 Å². The van der Waals surface area contributed by atoms with E-state index in [-0.39, 0.29) is 6.10 Å². The van der Waals surface area contributed by atoms with Crippen molar-refractivity contribution >= 4 is 11.7 Å². The van der Waals surface area contributed by atoms with Gasteiger partial charge in [-0.25, -0.2) is 0 Å². The van der Waals surface area contributed by atoms with E-state index in [4.69, 9.17) is 9.47 Å². The van der Waals surface area contributed by atoms with E-state index in [0.717, 1.165) is 19.4 Å². The molecule has 19 heavy (non-hydrogen) atoms. The molecule has 0 aliphatic carbocycles. The van der Waals surface area contributed by atoms with Crippen molar-refractivity contribution in [2.75, 3.05) is 20.3 Å². The zero-order valence-electron chi connectivity index (χ0n) is 10.8. The summed E-state index contributed by atoms with van der Waals surface area (Å²) in [6.07, 6.45) is 1.96. The number of methoxy groups -OCH3 is 1. The molecule has 1 saturated heterocycles.